The van der Waals surface area contributed by atoms with Crippen LogP contribution in [0.25, 0.3) is 10.9 Å². The average molecular weight is 369 g/mol. The summed E-state index contributed by atoms with van der Waals surface area (Å²) < 4.78 is 20.4. The highest BCUT2D eigenvalue weighted by molar-refractivity contribution is 6.05. The second-order valence-electron chi connectivity index (χ2n) is 6.37. The third-order valence-electron chi connectivity index (χ3n) is 4.53. The number of carbonyl (C=O) groups excluding carboxylic acids is 2. The quantitative estimate of drug-likeness (QED) is 0.708. The van der Waals surface area contributed by atoms with E-state index in [0.29, 0.717) is 27.7 Å². The molecule has 6 heteroatoms. The van der Waals surface area contributed by atoms with E-state index < -0.39 is 17.5 Å². The van der Waals surface area contributed by atoms with E-state index in [4.69, 9.17) is 4.74 Å². The van der Waals surface area contributed by atoms with E-state index in [2.05, 4.69) is 0 Å². The SMILES string of the molecule is CCOC(=O)Cc1c(C)n(C(=O)c2ccc(C)cc2)c2cc(F)c(O)cc12. The number of halogens is 1. The van der Waals surface area contributed by atoms with E-state index in [0.717, 1.165) is 11.6 Å². The van der Waals surface area contributed by atoms with Crippen molar-refractivity contribution in [1.82, 2.24) is 4.57 Å². The monoisotopic (exact) mass is 369 g/mol. The summed E-state index contributed by atoms with van der Waals surface area (Å²) in [5.74, 6) is -2.16. The van der Waals surface area contributed by atoms with Gasteiger partial charge in [-0.05, 0) is 44.5 Å². The topological polar surface area (TPSA) is 68.5 Å². The van der Waals surface area contributed by atoms with Crippen LogP contribution in [-0.4, -0.2) is 28.2 Å². The van der Waals surface area contributed by atoms with Gasteiger partial charge in [0.1, 0.15) is 0 Å². The van der Waals surface area contributed by atoms with E-state index in [1.54, 1.807) is 26.0 Å². The summed E-state index contributed by atoms with van der Waals surface area (Å²) in [6, 6.07) is 9.39. The number of esters is 1. The molecule has 0 saturated carbocycles. The predicted octanol–water partition coefficient (Wildman–Crippen LogP) is 3.90. The molecule has 0 saturated heterocycles. The molecule has 0 atom stereocenters. The van der Waals surface area contributed by atoms with Crippen LogP contribution in [0.5, 0.6) is 5.75 Å². The molecule has 0 radical (unpaired) electrons. The van der Waals surface area contributed by atoms with Crippen LogP contribution < -0.4 is 0 Å². The molecule has 0 spiro atoms. The minimum Gasteiger partial charge on any atom is -0.505 e. The first kappa shape index (κ1) is 18.6. The van der Waals surface area contributed by atoms with Crippen LogP contribution in [0.4, 0.5) is 4.39 Å². The molecule has 2 aromatic carbocycles. The Morgan fingerprint density at radius 1 is 1.15 bits per heavy atom. The molecule has 0 amide bonds. The Labute approximate surface area is 156 Å². The smallest absolute Gasteiger partial charge is 0.310 e. The van der Waals surface area contributed by atoms with Gasteiger partial charge in [-0.3, -0.25) is 14.2 Å². The van der Waals surface area contributed by atoms with E-state index >= 15 is 0 Å². The second-order valence-corrected chi connectivity index (χ2v) is 6.37. The zero-order valence-corrected chi connectivity index (χ0v) is 15.4. The minimum atomic E-state index is -0.833. The van der Waals surface area contributed by atoms with Crippen molar-refractivity contribution in [2.45, 2.75) is 27.2 Å². The van der Waals surface area contributed by atoms with Crippen molar-refractivity contribution in [3.63, 3.8) is 0 Å². The number of carbonyl (C=O) groups is 2. The summed E-state index contributed by atoms with van der Waals surface area (Å²) in [7, 11) is 0. The zero-order valence-electron chi connectivity index (χ0n) is 15.4. The van der Waals surface area contributed by atoms with Crippen LogP contribution in [0.15, 0.2) is 36.4 Å². The summed E-state index contributed by atoms with van der Waals surface area (Å²) in [4.78, 5) is 25.1. The minimum absolute atomic E-state index is 0.0740. The molecule has 3 rings (SSSR count). The van der Waals surface area contributed by atoms with Gasteiger partial charge in [-0.2, -0.15) is 0 Å². The molecule has 0 aliphatic heterocycles. The van der Waals surface area contributed by atoms with Crippen molar-refractivity contribution in [2.24, 2.45) is 0 Å². The van der Waals surface area contributed by atoms with Crippen LogP contribution in [0, 0.1) is 19.7 Å². The van der Waals surface area contributed by atoms with Gasteiger partial charge in [-0.1, -0.05) is 17.7 Å². The first-order valence-corrected chi connectivity index (χ1v) is 8.62. The summed E-state index contributed by atoms with van der Waals surface area (Å²) in [5.41, 5.74) is 2.79. The maximum absolute atomic E-state index is 14.0. The molecule has 0 bridgehead atoms. The van der Waals surface area contributed by atoms with Crippen LogP contribution in [-0.2, 0) is 16.0 Å². The first-order valence-electron chi connectivity index (χ1n) is 8.62. The molecule has 0 aliphatic rings. The average Bonchev–Trinajstić information content (AvgIpc) is 2.87. The number of aromatic hydroxyl groups is 1. The van der Waals surface area contributed by atoms with Crippen molar-refractivity contribution in [2.75, 3.05) is 6.61 Å². The first-order chi connectivity index (χ1) is 12.8. The Bertz CT molecular complexity index is 1030. The van der Waals surface area contributed by atoms with Crippen LogP contribution in [0.2, 0.25) is 0 Å². The molecule has 3 aromatic rings. The standard InChI is InChI=1S/C21H20FNO4/c1-4-27-20(25)10-15-13(3)23(18-11-17(22)19(24)9-16(15)18)21(26)14-7-5-12(2)6-8-14/h5-9,11,24H,4,10H2,1-3H3. The lowest BCUT2D eigenvalue weighted by Crippen LogP contribution is -2.14. The van der Waals surface area contributed by atoms with Gasteiger partial charge >= 0.3 is 5.97 Å². The third kappa shape index (κ3) is 3.43. The lowest BCUT2D eigenvalue weighted by atomic mass is 10.1. The Balaban J connectivity index is 2.21. The largest absolute Gasteiger partial charge is 0.505 e. The highest BCUT2D eigenvalue weighted by Gasteiger charge is 2.23. The molecular weight excluding hydrogens is 349 g/mol. The Morgan fingerprint density at radius 3 is 2.44 bits per heavy atom. The second kappa shape index (κ2) is 7.23. The van der Waals surface area contributed by atoms with Crippen molar-refractivity contribution >= 4 is 22.8 Å². The van der Waals surface area contributed by atoms with Gasteiger partial charge in [0, 0.05) is 22.7 Å². The zero-order chi connectivity index (χ0) is 19.7. The summed E-state index contributed by atoms with van der Waals surface area (Å²) in [5, 5.41) is 10.2. The Hall–Kier alpha value is -3.15. The van der Waals surface area contributed by atoms with Crippen molar-refractivity contribution in [1.29, 1.82) is 0 Å². The van der Waals surface area contributed by atoms with Gasteiger partial charge in [0.15, 0.2) is 11.6 Å². The van der Waals surface area contributed by atoms with E-state index in [1.165, 1.54) is 10.6 Å². The van der Waals surface area contributed by atoms with Gasteiger partial charge in [-0.25, -0.2) is 4.39 Å². The van der Waals surface area contributed by atoms with Crippen LogP contribution in [0.1, 0.15) is 34.1 Å². The summed E-state index contributed by atoms with van der Waals surface area (Å²) >= 11 is 0. The fourth-order valence-corrected chi connectivity index (χ4v) is 3.16. The fourth-order valence-electron chi connectivity index (χ4n) is 3.16. The molecule has 5 nitrogen and oxygen atoms in total. The number of ether oxygens (including phenoxy) is 1. The molecule has 0 aliphatic carbocycles. The third-order valence-corrected chi connectivity index (χ3v) is 4.53. The maximum Gasteiger partial charge on any atom is 0.310 e. The maximum atomic E-state index is 14.0. The number of fused-ring (bicyclic) bond motifs is 1. The highest BCUT2D eigenvalue weighted by atomic mass is 19.1. The number of phenols is 1. The lowest BCUT2D eigenvalue weighted by molar-refractivity contribution is -0.142. The number of rotatable bonds is 4. The Morgan fingerprint density at radius 2 is 1.81 bits per heavy atom. The number of aryl methyl sites for hydroxylation is 1. The summed E-state index contributed by atoms with van der Waals surface area (Å²) in [6.45, 7) is 5.55. The normalized spacial score (nSPS) is 11.0. The molecular formula is C21H20FNO4. The number of aromatic nitrogens is 1. The van der Waals surface area contributed by atoms with E-state index in [-0.39, 0.29) is 18.9 Å². The van der Waals surface area contributed by atoms with Gasteiger partial charge in [0.2, 0.25) is 0 Å². The summed E-state index contributed by atoms with van der Waals surface area (Å²) in [6.07, 6.45) is -0.0740. The lowest BCUT2D eigenvalue weighted by Gasteiger charge is -2.08. The van der Waals surface area contributed by atoms with Gasteiger partial charge in [-0.15, -0.1) is 0 Å². The molecule has 1 heterocycles. The van der Waals surface area contributed by atoms with Gasteiger partial charge in [0.05, 0.1) is 18.5 Å². The van der Waals surface area contributed by atoms with Crippen molar-refractivity contribution in [3.8, 4) is 5.75 Å². The fraction of sp³-hybridized carbons (Fsp3) is 0.238. The molecule has 0 fully saturated rings. The van der Waals surface area contributed by atoms with Gasteiger partial charge in [0.25, 0.3) is 5.91 Å². The number of hydrogen-bond donors (Lipinski definition) is 1. The van der Waals surface area contributed by atoms with E-state index in [1.807, 2.05) is 19.1 Å². The van der Waals surface area contributed by atoms with Crippen molar-refractivity contribution < 1.29 is 23.8 Å². The number of phenolic OH excluding ortho intramolecular Hbond substituents is 1. The molecule has 0 unspecified atom stereocenters. The van der Waals surface area contributed by atoms with Crippen LogP contribution >= 0.6 is 0 Å². The van der Waals surface area contributed by atoms with Crippen LogP contribution in [0.3, 0.4) is 0 Å². The number of hydrogen-bond acceptors (Lipinski definition) is 4. The molecule has 1 N–H and O–H groups in total. The molecule has 140 valence electrons. The molecule has 1 aromatic heterocycles. The Kier molecular flexibility index (Phi) is 4.99. The highest BCUT2D eigenvalue weighted by Crippen LogP contribution is 2.32. The van der Waals surface area contributed by atoms with Gasteiger partial charge < -0.3 is 9.84 Å². The predicted molar refractivity (Wildman–Crippen MR) is 99.5 cm³/mol. The van der Waals surface area contributed by atoms with E-state index in [9.17, 15) is 19.1 Å². The number of benzene rings is 2. The molecule has 27 heavy (non-hydrogen) atoms. The van der Waals surface area contributed by atoms with Crippen molar-refractivity contribution in [3.05, 3.63) is 64.6 Å². The number of nitrogens with zero attached hydrogens (tertiary/aromatic N) is 1.